The molecule has 0 saturated heterocycles. The Morgan fingerprint density at radius 3 is 2.88 bits per heavy atom. The lowest BCUT2D eigenvalue weighted by atomic mass is 10.1. The standard InChI is InChI=1S/C17H18F2N4O2/c1-11-10-12-4-2-3-5-13(12)23(11)16(25)15(24)21-7-6-14-20-8-9-22(14)17(18)19/h2-5,8-9,11,17H,6-7,10H2,1H3,(H,21,24)/t11-/m1/s1. The highest BCUT2D eigenvalue weighted by atomic mass is 19.3. The third-order valence-corrected chi connectivity index (χ3v) is 4.21. The summed E-state index contributed by atoms with van der Waals surface area (Å²) in [6.07, 6.45) is 3.26. The smallest absolute Gasteiger partial charge is 0.319 e. The molecule has 25 heavy (non-hydrogen) atoms. The number of carbonyl (C=O) groups is 2. The van der Waals surface area contributed by atoms with E-state index in [-0.39, 0.29) is 24.8 Å². The fourth-order valence-electron chi connectivity index (χ4n) is 3.06. The summed E-state index contributed by atoms with van der Waals surface area (Å²) in [7, 11) is 0. The molecule has 0 radical (unpaired) electrons. The summed E-state index contributed by atoms with van der Waals surface area (Å²) < 4.78 is 26.2. The van der Waals surface area contributed by atoms with Gasteiger partial charge in [0.25, 0.3) is 0 Å². The molecule has 2 aromatic rings. The van der Waals surface area contributed by atoms with Crippen molar-refractivity contribution >= 4 is 17.5 Å². The summed E-state index contributed by atoms with van der Waals surface area (Å²) in [6.45, 7) is -0.750. The van der Waals surface area contributed by atoms with Crippen molar-refractivity contribution < 1.29 is 18.4 Å². The van der Waals surface area contributed by atoms with E-state index in [0.29, 0.717) is 6.42 Å². The average molecular weight is 348 g/mol. The molecule has 3 rings (SSSR count). The molecule has 1 aliphatic rings. The second kappa shape index (κ2) is 7.00. The van der Waals surface area contributed by atoms with Crippen LogP contribution in [0.5, 0.6) is 0 Å². The summed E-state index contributed by atoms with van der Waals surface area (Å²) >= 11 is 0. The van der Waals surface area contributed by atoms with E-state index in [1.807, 2.05) is 31.2 Å². The highest BCUT2D eigenvalue weighted by molar-refractivity contribution is 6.40. The van der Waals surface area contributed by atoms with Crippen LogP contribution in [0, 0.1) is 0 Å². The van der Waals surface area contributed by atoms with E-state index in [4.69, 9.17) is 0 Å². The number of benzene rings is 1. The molecular weight excluding hydrogens is 330 g/mol. The van der Waals surface area contributed by atoms with Crippen molar-refractivity contribution in [2.45, 2.75) is 32.4 Å². The Bertz CT molecular complexity index is 790. The minimum absolute atomic E-state index is 0.0537. The third-order valence-electron chi connectivity index (χ3n) is 4.21. The van der Waals surface area contributed by atoms with Crippen LogP contribution in [0.3, 0.4) is 0 Å². The number of halogens is 2. The van der Waals surface area contributed by atoms with Crippen LogP contribution in [0.4, 0.5) is 14.5 Å². The molecule has 0 unspecified atom stereocenters. The highest BCUT2D eigenvalue weighted by Gasteiger charge is 2.33. The molecule has 2 heterocycles. The van der Waals surface area contributed by atoms with Gasteiger partial charge in [-0.15, -0.1) is 0 Å². The molecule has 6 nitrogen and oxygen atoms in total. The number of rotatable bonds is 4. The minimum Gasteiger partial charge on any atom is -0.347 e. The van der Waals surface area contributed by atoms with Gasteiger partial charge >= 0.3 is 18.4 Å². The number of hydrogen-bond acceptors (Lipinski definition) is 3. The van der Waals surface area contributed by atoms with Crippen LogP contribution in [0.1, 0.15) is 24.9 Å². The van der Waals surface area contributed by atoms with Crippen LogP contribution < -0.4 is 10.2 Å². The number of fused-ring (bicyclic) bond motifs is 1. The van der Waals surface area contributed by atoms with E-state index < -0.39 is 18.4 Å². The third kappa shape index (κ3) is 3.38. The van der Waals surface area contributed by atoms with Crippen LogP contribution in [0.25, 0.3) is 0 Å². The van der Waals surface area contributed by atoms with E-state index >= 15 is 0 Å². The predicted molar refractivity (Wildman–Crippen MR) is 87.3 cm³/mol. The Morgan fingerprint density at radius 1 is 1.36 bits per heavy atom. The number of anilines is 1. The zero-order valence-electron chi connectivity index (χ0n) is 13.7. The fraction of sp³-hybridized carbons (Fsp3) is 0.353. The summed E-state index contributed by atoms with van der Waals surface area (Å²) in [6, 6.07) is 7.35. The number of amides is 2. The number of nitrogens with one attached hydrogen (secondary N) is 1. The van der Waals surface area contributed by atoms with Crippen molar-refractivity contribution in [1.82, 2.24) is 14.9 Å². The number of hydrogen-bond donors (Lipinski definition) is 1. The molecule has 8 heteroatoms. The van der Waals surface area contributed by atoms with Crippen molar-refractivity contribution in [3.05, 3.63) is 48.0 Å². The fourth-order valence-corrected chi connectivity index (χ4v) is 3.06. The number of imidazole rings is 1. The lowest BCUT2D eigenvalue weighted by Gasteiger charge is -2.22. The predicted octanol–water partition coefficient (Wildman–Crippen LogP) is 1.91. The number of nitrogens with zero attached hydrogens (tertiary/aromatic N) is 3. The normalized spacial score (nSPS) is 16.2. The maximum absolute atomic E-state index is 12.7. The van der Waals surface area contributed by atoms with Crippen molar-refractivity contribution in [2.75, 3.05) is 11.4 Å². The summed E-state index contributed by atoms with van der Waals surface area (Å²) in [5.41, 5.74) is 1.76. The van der Waals surface area contributed by atoms with Gasteiger partial charge in [-0.25, -0.2) is 4.98 Å². The van der Waals surface area contributed by atoms with Gasteiger partial charge in [-0.3, -0.25) is 14.2 Å². The number of alkyl halides is 2. The molecule has 1 atom stereocenters. The van der Waals surface area contributed by atoms with E-state index in [1.54, 1.807) is 0 Å². The van der Waals surface area contributed by atoms with Crippen molar-refractivity contribution in [3.8, 4) is 0 Å². The van der Waals surface area contributed by atoms with Gasteiger partial charge < -0.3 is 10.2 Å². The molecule has 0 spiro atoms. The molecule has 1 aromatic carbocycles. The van der Waals surface area contributed by atoms with Crippen LogP contribution in [-0.4, -0.2) is 34.0 Å². The van der Waals surface area contributed by atoms with E-state index in [1.165, 1.54) is 17.3 Å². The largest absolute Gasteiger partial charge is 0.347 e. The zero-order valence-corrected chi connectivity index (χ0v) is 13.7. The molecule has 0 fully saturated rings. The van der Waals surface area contributed by atoms with Crippen LogP contribution in [0.2, 0.25) is 0 Å². The van der Waals surface area contributed by atoms with E-state index in [9.17, 15) is 18.4 Å². The van der Waals surface area contributed by atoms with Crippen molar-refractivity contribution in [1.29, 1.82) is 0 Å². The first kappa shape index (κ1) is 17.1. The van der Waals surface area contributed by atoms with E-state index in [2.05, 4.69) is 10.3 Å². The molecule has 1 aliphatic heterocycles. The number of para-hydroxylation sites is 1. The first-order valence-corrected chi connectivity index (χ1v) is 7.98. The average Bonchev–Trinajstić information content (AvgIpc) is 3.17. The second-order valence-corrected chi connectivity index (χ2v) is 5.89. The van der Waals surface area contributed by atoms with Gasteiger partial charge in [0.15, 0.2) is 0 Å². The van der Waals surface area contributed by atoms with Gasteiger partial charge in [0.2, 0.25) is 0 Å². The van der Waals surface area contributed by atoms with E-state index in [0.717, 1.165) is 15.8 Å². The van der Waals surface area contributed by atoms with Crippen LogP contribution in [-0.2, 0) is 22.4 Å². The number of aromatic nitrogens is 2. The molecule has 0 saturated carbocycles. The van der Waals surface area contributed by atoms with Crippen molar-refractivity contribution in [3.63, 3.8) is 0 Å². The Labute approximate surface area is 143 Å². The first-order valence-electron chi connectivity index (χ1n) is 7.98. The second-order valence-electron chi connectivity index (χ2n) is 5.89. The van der Waals surface area contributed by atoms with Crippen molar-refractivity contribution in [2.24, 2.45) is 0 Å². The maximum atomic E-state index is 12.7. The quantitative estimate of drug-likeness (QED) is 0.859. The van der Waals surface area contributed by atoms with Gasteiger partial charge in [-0.1, -0.05) is 18.2 Å². The number of carbonyl (C=O) groups excluding carboxylic acids is 2. The zero-order chi connectivity index (χ0) is 18.0. The Morgan fingerprint density at radius 2 is 2.12 bits per heavy atom. The lowest BCUT2D eigenvalue weighted by Crippen LogP contribution is -2.46. The summed E-state index contributed by atoms with van der Waals surface area (Å²) in [4.78, 5) is 29.9. The first-order chi connectivity index (χ1) is 12.0. The van der Waals surface area contributed by atoms with Gasteiger partial charge in [0.1, 0.15) is 5.82 Å². The van der Waals surface area contributed by atoms with Gasteiger partial charge in [0.05, 0.1) is 0 Å². The lowest BCUT2D eigenvalue weighted by molar-refractivity contribution is -0.137. The molecule has 0 aliphatic carbocycles. The molecule has 1 aromatic heterocycles. The molecule has 132 valence electrons. The van der Waals surface area contributed by atoms with Crippen LogP contribution in [0.15, 0.2) is 36.7 Å². The Kier molecular flexibility index (Phi) is 4.78. The molecular formula is C17H18F2N4O2. The molecule has 1 N–H and O–H groups in total. The van der Waals surface area contributed by atoms with Gasteiger partial charge in [-0.05, 0) is 25.0 Å². The van der Waals surface area contributed by atoms with Gasteiger partial charge in [-0.2, -0.15) is 8.78 Å². The molecule has 0 bridgehead atoms. The molecule has 2 amide bonds. The topological polar surface area (TPSA) is 67.2 Å². The maximum Gasteiger partial charge on any atom is 0.319 e. The Hall–Kier alpha value is -2.77. The SMILES string of the molecule is C[C@@H]1Cc2ccccc2N1C(=O)C(=O)NCCc1nccn1C(F)F. The van der Waals surface area contributed by atoms with Crippen LogP contribution >= 0.6 is 0 Å². The minimum atomic E-state index is -2.68. The Balaban J connectivity index is 1.60. The summed E-state index contributed by atoms with van der Waals surface area (Å²) in [5, 5.41) is 2.49. The summed E-state index contributed by atoms with van der Waals surface area (Å²) in [5.74, 6) is -1.24. The van der Waals surface area contributed by atoms with Gasteiger partial charge in [0, 0.05) is 37.1 Å². The monoisotopic (exact) mass is 348 g/mol. The highest BCUT2D eigenvalue weighted by Crippen LogP contribution is 2.31.